The number of hydrogen-bond acceptors (Lipinski definition) is 3. The minimum absolute atomic E-state index is 0.0421. The van der Waals surface area contributed by atoms with E-state index < -0.39 is 0 Å². The van der Waals surface area contributed by atoms with Gasteiger partial charge in [0.2, 0.25) is 5.91 Å². The predicted octanol–water partition coefficient (Wildman–Crippen LogP) is 1.48. The van der Waals surface area contributed by atoms with Gasteiger partial charge in [-0.15, -0.1) is 0 Å². The summed E-state index contributed by atoms with van der Waals surface area (Å²) in [6, 6.07) is 7.71. The number of benzene rings is 1. The number of amides is 1. The summed E-state index contributed by atoms with van der Waals surface area (Å²) in [4.78, 5) is 11.8. The van der Waals surface area contributed by atoms with Crippen molar-refractivity contribution in [3.05, 3.63) is 29.8 Å². The van der Waals surface area contributed by atoms with Crippen molar-refractivity contribution in [1.82, 2.24) is 5.32 Å². The Morgan fingerprint density at radius 3 is 2.56 bits per heavy atom. The number of hydrogen-bond donors (Lipinski definition) is 2. The van der Waals surface area contributed by atoms with Gasteiger partial charge in [-0.25, -0.2) is 0 Å². The molecule has 0 aromatic heterocycles. The molecule has 0 aliphatic rings. The van der Waals surface area contributed by atoms with Crippen molar-refractivity contribution in [2.24, 2.45) is 5.73 Å². The lowest BCUT2D eigenvalue weighted by Crippen LogP contribution is -2.36. The molecular weight excluding hydrogens is 228 g/mol. The van der Waals surface area contributed by atoms with E-state index in [0.717, 1.165) is 24.2 Å². The molecule has 1 rings (SSSR count). The summed E-state index contributed by atoms with van der Waals surface area (Å²) in [6.07, 6.45) is 2.13. The number of ether oxygens (including phenoxy) is 1. The van der Waals surface area contributed by atoms with Gasteiger partial charge in [0.25, 0.3) is 0 Å². The summed E-state index contributed by atoms with van der Waals surface area (Å²) in [6.45, 7) is 2.65. The fourth-order valence-electron chi connectivity index (χ4n) is 1.79. The first-order valence-corrected chi connectivity index (χ1v) is 6.32. The number of nitrogens with two attached hydrogens (primary N) is 1. The molecule has 1 unspecified atom stereocenters. The predicted molar refractivity (Wildman–Crippen MR) is 72.6 cm³/mol. The van der Waals surface area contributed by atoms with Gasteiger partial charge in [0.1, 0.15) is 5.75 Å². The monoisotopic (exact) mass is 250 g/mol. The van der Waals surface area contributed by atoms with Crippen LogP contribution >= 0.6 is 0 Å². The maximum Gasteiger partial charge on any atom is 0.224 e. The minimum atomic E-state index is 0.0421. The Kier molecular flexibility index (Phi) is 6.22. The molecule has 0 aliphatic heterocycles. The molecule has 0 aliphatic carbocycles. The molecule has 0 bridgehead atoms. The molecule has 3 N–H and O–H groups in total. The highest BCUT2D eigenvalue weighted by atomic mass is 16.5. The van der Waals surface area contributed by atoms with Crippen molar-refractivity contribution in [3.8, 4) is 5.75 Å². The Labute approximate surface area is 109 Å². The quantitative estimate of drug-likeness (QED) is 0.770. The second-order valence-corrected chi connectivity index (χ2v) is 4.27. The van der Waals surface area contributed by atoms with E-state index in [0.29, 0.717) is 13.0 Å². The second kappa shape index (κ2) is 7.71. The highest BCUT2D eigenvalue weighted by molar-refractivity contribution is 5.78. The van der Waals surface area contributed by atoms with Crippen molar-refractivity contribution in [1.29, 1.82) is 0 Å². The molecule has 0 saturated carbocycles. The molecule has 0 saturated heterocycles. The third-order valence-corrected chi connectivity index (χ3v) is 2.90. The lowest BCUT2D eigenvalue weighted by atomic mass is 10.1. The SMILES string of the molecule is CCC(CCN)NC(=O)Cc1ccc(OC)cc1. The van der Waals surface area contributed by atoms with E-state index in [1.807, 2.05) is 31.2 Å². The topological polar surface area (TPSA) is 64.3 Å². The molecule has 1 amide bonds. The second-order valence-electron chi connectivity index (χ2n) is 4.27. The first-order chi connectivity index (χ1) is 8.69. The fourth-order valence-corrected chi connectivity index (χ4v) is 1.79. The Balaban J connectivity index is 2.47. The van der Waals surface area contributed by atoms with E-state index in [1.54, 1.807) is 7.11 Å². The summed E-state index contributed by atoms with van der Waals surface area (Å²) in [7, 11) is 1.63. The minimum Gasteiger partial charge on any atom is -0.497 e. The first-order valence-electron chi connectivity index (χ1n) is 6.32. The van der Waals surface area contributed by atoms with Crippen LogP contribution < -0.4 is 15.8 Å². The summed E-state index contributed by atoms with van der Waals surface area (Å²) in [5.74, 6) is 0.842. The molecule has 4 heteroatoms. The van der Waals surface area contributed by atoms with E-state index in [9.17, 15) is 4.79 Å². The standard InChI is InChI=1S/C14H22N2O2/c1-3-12(8-9-15)16-14(17)10-11-4-6-13(18-2)7-5-11/h4-7,12H,3,8-10,15H2,1-2H3,(H,16,17). The van der Waals surface area contributed by atoms with Gasteiger partial charge in [-0.1, -0.05) is 19.1 Å². The third-order valence-electron chi connectivity index (χ3n) is 2.90. The molecule has 0 spiro atoms. The Bertz CT molecular complexity index is 363. The van der Waals surface area contributed by atoms with Crippen molar-refractivity contribution in [2.75, 3.05) is 13.7 Å². The molecule has 18 heavy (non-hydrogen) atoms. The smallest absolute Gasteiger partial charge is 0.224 e. The summed E-state index contributed by atoms with van der Waals surface area (Å²) in [5.41, 5.74) is 6.48. The van der Waals surface area contributed by atoms with Crippen molar-refractivity contribution in [3.63, 3.8) is 0 Å². The number of carbonyl (C=O) groups is 1. The molecule has 100 valence electrons. The maximum atomic E-state index is 11.8. The molecule has 0 radical (unpaired) electrons. The normalized spacial score (nSPS) is 11.9. The zero-order chi connectivity index (χ0) is 13.4. The van der Waals surface area contributed by atoms with E-state index >= 15 is 0 Å². The number of rotatable bonds is 7. The average molecular weight is 250 g/mol. The largest absolute Gasteiger partial charge is 0.497 e. The van der Waals surface area contributed by atoms with Crippen LogP contribution in [0.5, 0.6) is 5.75 Å². The molecule has 0 fully saturated rings. The maximum absolute atomic E-state index is 11.8. The summed E-state index contributed by atoms with van der Waals surface area (Å²) >= 11 is 0. The number of carbonyl (C=O) groups excluding carboxylic acids is 1. The lowest BCUT2D eigenvalue weighted by Gasteiger charge is -2.15. The van der Waals surface area contributed by atoms with Gasteiger partial charge in [-0.3, -0.25) is 4.79 Å². The first kappa shape index (κ1) is 14.5. The Hall–Kier alpha value is -1.55. The summed E-state index contributed by atoms with van der Waals surface area (Å²) in [5, 5.41) is 2.99. The van der Waals surface area contributed by atoms with Crippen LogP contribution in [0.15, 0.2) is 24.3 Å². The Morgan fingerprint density at radius 2 is 2.06 bits per heavy atom. The Morgan fingerprint density at radius 1 is 1.39 bits per heavy atom. The van der Waals surface area contributed by atoms with Gasteiger partial charge >= 0.3 is 0 Å². The molecule has 1 atom stereocenters. The van der Waals surface area contributed by atoms with E-state index in [4.69, 9.17) is 10.5 Å². The van der Waals surface area contributed by atoms with Crippen LogP contribution in [0, 0.1) is 0 Å². The zero-order valence-corrected chi connectivity index (χ0v) is 11.1. The van der Waals surface area contributed by atoms with Gasteiger partial charge in [-0.2, -0.15) is 0 Å². The number of nitrogens with one attached hydrogen (secondary N) is 1. The number of methoxy groups -OCH3 is 1. The molecular formula is C14H22N2O2. The molecule has 1 aromatic rings. The lowest BCUT2D eigenvalue weighted by molar-refractivity contribution is -0.121. The van der Waals surface area contributed by atoms with Crippen LogP contribution in [-0.2, 0) is 11.2 Å². The van der Waals surface area contributed by atoms with E-state index in [2.05, 4.69) is 5.32 Å². The van der Waals surface area contributed by atoms with Crippen LogP contribution in [0.2, 0.25) is 0 Å². The van der Waals surface area contributed by atoms with Gasteiger partial charge in [0, 0.05) is 6.04 Å². The van der Waals surface area contributed by atoms with Crippen molar-refractivity contribution in [2.45, 2.75) is 32.2 Å². The van der Waals surface area contributed by atoms with Crippen molar-refractivity contribution >= 4 is 5.91 Å². The van der Waals surface area contributed by atoms with Crippen LogP contribution in [0.4, 0.5) is 0 Å². The van der Waals surface area contributed by atoms with Gasteiger partial charge in [0.15, 0.2) is 0 Å². The average Bonchev–Trinajstić information content (AvgIpc) is 2.39. The third kappa shape index (κ3) is 4.75. The molecule has 4 nitrogen and oxygen atoms in total. The molecule has 1 aromatic carbocycles. The van der Waals surface area contributed by atoms with Gasteiger partial charge < -0.3 is 15.8 Å². The highest BCUT2D eigenvalue weighted by Gasteiger charge is 2.10. The van der Waals surface area contributed by atoms with Crippen LogP contribution in [0.25, 0.3) is 0 Å². The van der Waals surface area contributed by atoms with E-state index in [1.165, 1.54) is 0 Å². The zero-order valence-electron chi connectivity index (χ0n) is 11.1. The van der Waals surface area contributed by atoms with Crippen molar-refractivity contribution < 1.29 is 9.53 Å². The van der Waals surface area contributed by atoms with Gasteiger partial charge in [0.05, 0.1) is 13.5 Å². The van der Waals surface area contributed by atoms with Crippen LogP contribution in [-0.4, -0.2) is 25.6 Å². The van der Waals surface area contributed by atoms with E-state index in [-0.39, 0.29) is 11.9 Å². The van der Waals surface area contributed by atoms with Gasteiger partial charge in [-0.05, 0) is 37.1 Å². The van der Waals surface area contributed by atoms with Crippen LogP contribution in [0.1, 0.15) is 25.3 Å². The van der Waals surface area contributed by atoms with Crippen LogP contribution in [0.3, 0.4) is 0 Å². The summed E-state index contributed by atoms with van der Waals surface area (Å²) < 4.78 is 5.07. The fraction of sp³-hybridized carbons (Fsp3) is 0.500. The highest BCUT2D eigenvalue weighted by Crippen LogP contribution is 2.11. The molecule has 0 heterocycles.